The number of hydrogen-bond acceptors (Lipinski definition) is 2. The van der Waals surface area contributed by atoms with E-state index in [-0.39, 0.29) is 17.7 Å². The highest BCUT2D eigenvalue weighted by Crippen LogP contribution is 2.19. The van der Waals surface area contributed by atoms with E-state index in [1.165, 1.54) is 77.0 Å². The van der Waals surface area contributed by atoms with Crippen molar-refractivity contribution in [2.75, 3.05) is 0 Å². The van der Waals surface area contributed by atoms with E-state index in [1.54, 1.807) is 0 Å². The molecule has 0 aromatic carbocycles. The summed E-state index contributed by atoms with van der Waals surface area (Å²) in [6.07, 6.45) is 18.7. The normalized spacial score (nSPS) is 18.0. The Morgan fingerprint density at radius 1 is 0.773 bits per heavy atom. The summed E-state index contributed by atoms with van der Waals surface area (Å²) in [6.45, 7) is 2.27. The standard InChI is InChI=1S/C19H35NO2/c1-2-3-4-5-6-7-8-9-10-11-12-13-14-15-17-16-18(21)20-19(17)22/h17H,2-16H2,1H3,(H,20,21,22). The molecule has 22 heavy (non-hydrogen) atoms. The second-order valence-corrected chi connectivity index (χ2v) is 6.84. The van der Waals surface area contributed by atoms with Crippen molar-refractivity contribution in [2.45, 2.75) is 103 Å². The van der Waals surface area contributed by atoms with Crippen LogP contribution in [0.15, 0.2) is 0 Å². The molecule has 1 aliphatic rings. The summed E-state index contributed by atoms with van der Waals surface area (Å²) in [5.74, 6) is -0.186. The van der Waals surface area contributed by atoms with Gasteiger partial charge in [-0.3, -0.25) is 14.9 Å². The predicted octanol–water partition coefficient (Wildman–Crippen LogP) is 5.13. The number of rotatable bonds is 14. The van der Waals surface area contributed by atoms with Gasteiger partial charge in [-0.1, -0.05) is 90.4 Å². The maximum absolute atomic E-state index is 11.4. The first-order valence-electron chi connectivity index (χ1n) is 9.57. The molecule has 3 nitrogen and oxygen atoms in total. The zero-order chi connectivity index (χ0) is 16.0. The van der Waals surface area contributed by atoms with Crippen LogP contribution in [0.1, 0.15) is 103 Å². The molecule has 0 saturated carbocycles. The minimum atomic E-state index is -0.0929. The molecule has 0 aliphatic carbocycles. The SMILES string of the molecule is CCCCCCCCCCCCCCCC1CC(=O)NC1=O. The van der Waals surface area contributed by atoms with Crippen molar-refractivity contribution < 1.29 is 9.59 Å². The minimum Gasteiger partial charge on any atom is -0.296 e. The Hall–Kier alpha value is -0.860. The van der Waals surface area contributed by atoms with Crippen LogP contribution in [0.4, 0.5) is 0 Å². The monoisotopic (exact) mass is 309 g/mol. The van der Waals surface area contributed by atoms with Crippen molar-refractivity contribution in [3.63, 3.8) is 0 Å². The topological polar surface area (TPSA) is 46.2 Å². The van der Waals surface area contributed by atoms with Crippen LogP contribution in [0.3, 0.4) is 0 Å². The summed E-state index contributed by atoms with van der Waals surface area (Å²) in [4.78, 5) is 22.5. The van der Waals surface area contributed by atoms with E-state index in [9.17, 15) is 9.59 Å². The van der Waals surface area contributed by atoms with Crippen molar-refractivity contribution in [3.05, 3.63) is 0 Å². The van der Waals surface area contributed by atoms with Crippen molar-refractivity contribution >= 4 is 11.8 Å². The molecule has 1 rings (SSSR count). The van der Waals surface area contributed by atoms with Gasteiger partial charge in [0, 0.05) is 12.3 Å². The fraction of sp³-hybridized carbons (Fsp3) is 0.895. The summed E-state index contributed by atoms with van der Waals surface area (Å²) in [5, 5.41) is 2.39. The van der Waals surface area contributed by atoms with Gasteiger partial charge >= 0.3 is 0 Å². The minimum absolute atomic E-state index is 0.0415. The lowest BCUT2D eigenvalue weighted by molar-refractivity contribution is -0.125. The van der Waals surface area contributed by atoms with E-state index in [2.05, 4.69) is 12.2 Å². The second kappa shape index (κ2) is 12.7. The van der Waals surface area contributed by atoms with Gasteiger partial charge in [0.15, 0.2) is 0 Å². The smallest absolute Gasteiger partial charge is 0.230 e. The molecule has 1 atom stereocenters. The van der Waals surface area contributed by atoms with Crippen LogP contribution in [-0.4, -0.2) is 11.8 Å². The van der Waals surface area contributed by atoms with Gasteiger partial charge in [-0.15, -0.1) is 0 Å². The molecule has 1 saturated heterocycles. The van der Waals surface area contributed by atoms with Gasteiger partial charge < -0.3 is 0 Å². The van der Waals surface area contributed by atoms with Crippen LogP contribution in [0.25, 0.3) is 0 Å². The summed E-state index contributed by atoms with van der Waals surface area (Å²) in [5.41, 5.74) is 0. The molecule has 0 radical (unpaired) electrons. The van der Waals surface area contributed by atoms with Crippen molar-refractivity contribution in [1.29, 1.82) is 0 Å². The zero-order valence-corrected chi connectivity index (χ0v) is 14.5. The molecule has 128 valence electrons. The fourth-order valence-electron chi connectivity index (χ4n) is 3.25. The molecule has 1 aliphatic heterocycles. The number of hydrogen-bond donors (Lipinski definition) is 1. The molecule has 0 aromatic heterocycles. The van der Waals surface area contributed by atoms with Gasteiger partial charge in [0.05, 0.1) is 0 Å². The average molecular weight is 309 g/mol. The van der Waals surface area contributed by atoms with Crippen molar-refractivity contribution in [1.82, 2.24) is 5.32 Å². The maximum atomic E-state index is 11.4. The molecule has 1 unspecified atom stereocenters. The molecule has 0 spiro atoms. The lowest BCUT2D eigenvalue weighted by Gasteiger charge is -2.05. The molecule has 0 aromatic rings. The summed E-state index contributed by atoms with van der Waals surface area (Å²) < 4.78 is 0. The molecule has 1 fully saturated rings. The molecule has 1 N–H and O–H groups in total. The highest BCUT2D eigenvalue weighted by molar-refractivity contribution is 6.03. The molecule has 0 bridgehead atoms. The zero-order valence-electron chi connectivity index (χ0n) is 14.5. The molecule has 3 heteroatoms. The van der Waals surface area contributed by atoms with E-state index in [0.29, 0.717) is 6.42 Å². The average Bonchev–Trinajstić information content (AvgIpc) is 2.82. The van der Waals surface area contributed by atoms with Crippen molar-refractivity contribution in [3.8, 4) is 0 Å². The Morgan fingerprint density at radius 2 is 1.23 bits per heavy atom. The lowest BCUT2D eigenvalue weighted by Crippen LogP contribution is -2.21. The third kappa shape index (κ3) is 9.22. The molecule has 2 amide bonds. The Balaban J connectivity index is 1.77. The predicted molar refractivity (Wildman–Crippen MR) is 91.6 cm³/mol. The molecular weight excluding hydrogens is 274 g/mol. The third-order valence-corrected chi connectivity index (χ3v) is 4.72. The van der Waals surface area contributed by atoms with E-state index < -0.39 is 0 Å². The number of nitrogens with one attached hydrogen (secondary N) is 1. The highest BCUT2D eigenvalue weighted by Gasteiger charge is 2.29. The first-order chi connectivity index (χ1) is 10.7. The van der Waals surface area contributed by atoms with E-state index in [4.69, 9.17) is 0 Å². The number of amides is 2. The van der Waals surface area contributed by atoms with Gasteiger partial charge in [0.1, 0.15) is 0 Å². The first kappa shape index (κ1) is 19.2. The van der Waals surface area contributed by atoms with Gasteiger partial charge in [-0.05, 0) is 6.42 Å². The largest absolute Gasteiger partial charge is 0.296 e. The fourth-order valence-corrected chi connectivity index (χ4v) is 3.25. The van der Waals surface area contributed by atoms with Gasteiger partial charge in [-0.2, -0.15) is 0 Å². The van der Waals surface area contributed by atoms with Crippen LogP contribution in [0, 0.1) is 5.92 Å². The molecular formula is C19H35NO2. The quantitative estimate of drug-likeness (QED) is 0.357. The van der Waals surface area contributed by atoms with E-state index in [1.807, 2.05) is 0 Å². The lowest BCUT2D eigenvalue weighted by atomic mass is 9.98. The Morgan fingerprint density at radius 3 is 1.64 bits per heavy atom. The summed E-state index contributed by atoms with van der Waals surface area (Å²) in [7, 11) is 0. The Kier molecular flexibility index (Phi) is 11.0. The van der Waals surface area contributed by atoms with Gasteiger partial charge in [0.2, 0.25) is 11.8 Å². The van der Waals surface area contributed by atoms with Crippen LogP contribution < -0.4 is 5.32 Å². The Labute approximate surface area is 136 Å². The third-order valence-electron chi connectivity index (χ3n) is 4.72. The van der Waals surface area contributed by atoms with Crippen molar-refractivity contribution in [2.24, 2.45) is 5.92 Å². The van der Waals surface area contributed by atoms with Crippen LogP contribution in [0.5, 0.6) is 0 Å². The first-order valence-corrected chi connectivity index (χ1v) is 9.57. The van der Waals surface area contributed by atoms with Crippen LogP contribution >= 0.6 is 0 Å². The second-order valence-electron chi connectivity index (χ2n) is 6.84. The van der Waals surface area contributed by atoms with Gasteiger partial charge in [0.25, 0.3) is 0 Å². The number of carbonyl (C=O) groups excluding carboxylic acids is 2. The van der Waals surface area contributed by atoms with E-state index in [0.717, 1.165) is 12.8 Å². The molecule has 1 heterocycles. The van der Waals surface area contributed by atoms with E-state index >= 15 is 0 Å². The summed E-state index contributed by atoms with van der Waals surface area (Å²) in [6, 6.07) is 0. The van der Waals surface area contributed by atoms with Gasteiger partial charge in [-0.25, -0.2) is 0 Å². The maximum Gasteiger partial charge on any atom is 0.230 e. The van der Waals surface area contributed by atoms with Crippen LogP contribution in [0.2, 0.25) is 0 Å². The van der Waals surface area contributed by atoms with Crippen LogP contribution in [-0.2, 0) is 9.59 Å². The highest BCUT2D eigenvalue weighted by atomic mass is 16.2. The number of unbranched alkanes of at least 4 members (excludes halogenated alkanes) is 12. The summed E-state index contributed by atoms with van der Waals surface area (Å²) >= 11 is 0. The number of imide groups is 1. The Bertz CT molecular complexity index is 315. The number of carbonyl (C=O) groups is 2.